The fourth-order valence-electron chi connectivity index (χ4n) is 2.80. The zero-order valence-corrected chi connectivity index (χ0v) is 10.4. The zero-order chi connectivity index (χ0) is 13.6. The summed E-state index contributed by atoms with van der Waals surface area (Å²) in [4.78, 5) is 0. The first-order valence-electron chi connectivity index (χ1n) is 6.38. The molecular formula is C14H15F3N2. The lowest BCUT2D eigenvalue weighted by molar-refractivity contribution is -0.137. The molecule has 0 amide bonds. The number of aromatic nitrogens is 1. The van der Waals surface area contributed by atoms with E-state index in [2.05, 4.69) is 0 Å². The molecule has 0 aliphatic carbocycles. The van der Waals surface area contributed by atoms with Gasteiger partial charge >= 0.3 is 6.18 Å². The van der Waals surface area contributed by atoms with Crippen molar-refractivity contribution in [2.45, 2.75) is 25.6 Å². The Bertz CT molecular complexity index is 613. The molecule has 0 saturated carbocycles. The quantitative estimate of drug-likeness (QED) is 0.846. The van der Waals surface area contributed by atoms with Gasteiger partial charge in [-0.15, -0.1) is 0 Å². The number of rotatable bonds is 1. The van der Waals surface area contributed by atoms with E-state index in [4.69, 9.17) is 5.73 Å². The highest BCUT2D eigenvalue weighted by atomic mass is 19.4. The van der Waals surface area contributed by atoms with Crippen LogP contribution in [-0.2, 0) is 19.1 Å². The first kappa shape index (κ1) is 12.5. The molecule has 3 rings (SSSR count). The van der Waals surface area contributed by atoms with Crippen molar-refractivity contribution in [3.63, 3.8) is 0 Å². The van der Waals surface area contributed by atoms with Crippen LogP contribution >= 0.6 is 0 Å². The molecule has 19 heavy (non-hydrogen) atoms. The van der Waals surface area contributed by atoms with Gasteiger partial charge in [0, 0.05) is 17.8 Å². The number of alkyl halides is 3. The average molecular weight is 268 g/mol. The summed E-state index contributed by atoms with van der Waals surface area (Å²) in [6.45, 7) is 1.30. The Morgan fingerprint density at radius 1 is 1.26 bits per heavy atom. The van der Waals surface area contributed by atoms with Crippen molar-refractivity contribution in [1.29, 1.82) is 0 Å². The molecule has 1 aromatic heterocycles. The van der Waals surface area contributed by atoms with Crippen molar-refractivity contribution < 1.29 is 13.2 Å². The van der Waals surface area contributed by atoms with Crippen LogP contribution in [0, 0.1) is 5.92 Å². The van der Waals surface area contributed by atoms with Crippen molar-refractivity contribution in [3.05, 3.63) is 35.5 Å². The Balaban J connectivity index is 2.12. The highest BCUT2D eigenvalue weighted by Crippen LogP contribution is 2.34. The van der Waals surface area contributed by atoms with Gasteiger partial charge in [-0.25, -0.2) is 0 Å². The van der Waals surface area contributed by atoms with Gasteiger partial charge in [-0.05, 0) is 48.9 Å². The Morgan fingerprint density at radius 2 is 2.05 bits per heavy atom. The summed E-state index contributed by atoms with van der Waals surface area (Å²) in [7, 11) is 0. The average Bonchev–Trinajstić information content (AvgIpc) is 2.74. The van der Waals surface area contributed by atoms with Crippen LogP contribution in [-0.4, -0.2) is 11.1 Å². The van der Waals surface area contributed by atoms with Gasteiger partial charge in [-0.3, -0.25) is 0 Å². The van der Waals surface area contributed by atoms with Crippen LogP contribution < -0.4 is 5.73 Å². The van der Waals surface area contributed by atoms with E-state index in [1.807, 2.05) is 10.6 Å². The second kappa shape index (κ2) is 4.27. The maximum absolute atomic E-state index is 12.8. The van der Waals surface area contributed by atoms with Crippen LogP contribution in [0.2, 0.25) is 0 Å². The van der Waals surface area contributed by atoms with Gasteiger partial charge in [0.2, 0.25) is 0 Å². The van der Waals surface area contributed by atoms with E-state index in [9.17, 15) is 13.2 Å². The van der Waals surface area contributed by atoms with Gasteiger partial charge in [-0.1, -0.05) is 6.07 Å². The maximum atomic E-state index is 12.8. The minimum absolute atomic E-state index is 0.359. The molecule has 102 valence electrons. The van der Waals surface area contributed by atoms with Crippen molar-refractivity contribution in [1.82, 2.24) is 4.57 Å². The fourth-order valence-corrected chi connectivity index (χ4v) is 2.80. The molecule has 0 fully saturated rings. The SMILES string of the molecule is NCC1CCc2cc3ccc(C(F)(F)F)cc3n2C1. The molecule has 2 aromatic rings. The predicted molar refractivity (Wildman–Crippen MR) is 67.8 cm³/mol. The zero-order valence-electron chi connectivity index (χ0n) is 10.4. The van der Waals surface area contributed by atoms with Crippen LogP contribution in [0.15, 0.2) is 24.3 Å². The van der Waals surface area contributed by atoms with Crippen LogP contribution in [0.25, 0.3) is 10.9 Å². The Morgan fingerprint density at radius 3 is 2.74 bits per heavy atom. The van der Waals surface area contributed by atoms with Crippen LogP contribution in [0.3, 0.4) is 0 Å². The monoisotopic (exact) mass is 268 g/mol. The van der Waals surface area contributed by atoms with Gasteiger partial charge in [0.05, 0.1) is 5.56 Å². The van der Waals surface area contributed by atoms with Crippen molar-refractivity contribution >= 4 is 10.9 Å². The molecule has 5 heteroatoms. The lowest BCUT2D eigenvalue weighted by atomic mass is 9.98. The van der Waals surface area contributed by atoms with Crippen LogP contribution in [0.5, 0.6) is 0 Å². The van der Waals surface area contributed by atoms with Crippen LogP contribution in [0.1, 0.15) is 17.7 Å². The highest BCUT2D eigenvalue weighted by molar-refractivity contribution is 5.82. The van der Waals surface area contributed by atoms with Crippen molar-refractivity contribution in [2.75, 3.05) is 6.54 Å². The number of benzene rings is 1. The topological polar surface area (TPSA) is 30.9 Å². The standard InChI is InChI=1S/C14H15F3N2/c15-14(16,17)11-3-2-10-5-12-4-1-9(7-18)8-19(12)13(10)6-11/h2-3,5-6,9H,1,4,7-8,18H2. The fraction of sp³-hybridized carbons (Fsp3) is 0.429. The predicted octanol–water partition coefficient (Wildman–Crippen LogP) is 3.18. The first-order valence-corrected chi connectivity index (χ1v) is 6.38. The molecule has 2 heterocycles. The second-order valence-corrected chi connectivity index (χ2v) is 5.16. The van der Waals surface area contributed by atoms with E-state index in [-0.39, 0.29) is 0 Å². The summed E-state index contributed by atoms with van der Waals surface area (Å²) in [5.41, 5.74) is 6.87. The third-order valence-electron chi connectivity index (χ3n) is 3.90. The highest BCUT2D eigenvalue weighted by Gasteiger charge is 2.31. The summed E-state index contributed by atoms with van der Waals surface area (Å²) in [6, 6.07) is 5.94. The first-order chi connectivity index (χ1) is 8.99. The van der Waals surface area contributed by atoms with E-state index in [0.717, 1.165) is 36.5 Å². The minimum Gasteiger partial charge on any atom is -0.344 e. The number of hydrogen-bond acceptors (Lipinski definition) is 1. The molecule has 2 N–H and O–H groups in total. The van der Waals surface area contributed by atoms with Gasteiger partial charge < -0.3 is 10.3 Å². The molecule has 1 aromatic carbocycles. The van der Waals surface area contributed by atoms with E-state index in [1.54, 1.807) is 6.07 Å². The molecule has 1 aliphatic rings. The number of fused-ring (bicyclic) bond motifs is 3. The minimum atomic E-state index is -4.29. The molecule has 1 aliphatic heterocycles. The molecule has 2 nitrogen and oxygen atoms in total. The number of nitrogens with two attached hydrogens (primary N) is 1. The summed E-state index contributed by atoms with van der Waals surface area (Å²) in [5.74, 6) is 0.359. The number of halogens is 3. The van der Waals surface area contributed by atoms with E-state index in [0.29, 0.717) is 18.0 Å². The Kier molecular flexibility index (Phi) is 2.82. The summed E-state index contributed by atoms with van der Waals surface area (Å²) in [6.07, 6.45) is -2.39. The van der Waals surface area contributed by atoms with Gasteiger partial charge in [0.15, 0.2) is 0 Å². The number of hydrogen-bond donors (Lipinski definition) is 1. The van der Waals surface area contributed by atoms with E-state index >= 15 is 0 Å². The smallest absolute Gasteiger partial charge is 0.344 e. The normalized spacial score (nSPS) is 19.7. The Hall–Kier alpha value is -1.49. The van der Waals surface area contributed by atoms with Crippen molar-refractivity contribution in [3.8, 4) is 0 Å². The molecule has 0 saturated heterocycles. The van der Waals surface area contributed by atoms with Gasteiger partial charge in [-0.2, -0.15) is 13.2 Å². The summed E-state index contributed by atoms with van der Waals surface area (Å²) < 4.78 is 40.3. The maximum Gasteiger partial charge on any atom is 0.416 e. The summed E-state index contributed by atoms with van der Waals surface area (Å²) >= 11 is 0. The second-order valence-electron chi connectivity index (χ2n) is 5.16. The lowest BCUT2D eigenvalue weighted by Crippen LogP contribution is -2.26. The van der Waals surface area contributed by atoms with Crippen LogP contribution in [0.4, 0.5) is 13.2 Å². The van der Waals surface area contributed by atoms with Gasteiger partial charge in [0.25, 0.3) is 0 Å². The lowest BCUT2D eigenvalue weighted by Gasteiger charge is -2.24. The Labute approximate surface area is 109 Å². The van der Waals surface area contributed by atoms with Gasteiger partial charge in [0.1, 0.15) is 0 Å². The molecule has 0 spiro atoms. The molecule has 1 unspecified atom stereocenters. The third-order valence-corrected chi connectivity index (χ3v) is 3.90. The van der Waals surface area contributed by atoms with Crippen molar-refractivity contribution in [2.24, 2.45) is 11.7 Å². The molecule has 0 radical (unpaired) electrons. The van der Waals surface area contributed by atoms with E-state index in [1.165, 1.54) is 6.07 Å². The summed E-state index contributed by atoms with van der Waals surface area (Å²) in [5, 5.41) is 0.876. The number of aryl methyl sites for hydroxylation is 1. The molecule has 0 bridgehead atoms. The largest absolute Gasteiger partial charge is 0.416 e. The number of nitrogens with zero attached hydrogens (tertiary/aromatic N) is 1. The van der Waals surface area contributed by atoms with E-state index < -0.39 is 11.7 Å². The molecular weight excluding hydrogens is 253 g/mol. The molecule has 1 atom stereocenters. The third kappa shape index (κ3) is 2.12.